The van der Waals surface area contributed by atoms with Gasteiger partial charge in [-0.05, 0) is 87.0 Å². The number of halogens is 2. The number of hydrogen-bond acceptors (Lipinski definition) is 5. The Labute approximate surface area is 228 Å². The van der Waals surface area contributed by atoms with Crippen LogP contribution in [-0.2, 0) is 4.79 Å². The van der Waals surface area contributed by atoms with Gasteiger partial charge in [0.2, 0.25) is 12.7 Å². The van der Waals surface area contributed by atoms with Crippen LogP contribution in [0.5, 0.6) is 11.5 Å². The molecule has 8 heteroatoms. The van der Waals surface area contributed by atoms with Gasteiger partial charge in [0.15, 0.2) is 11.5 Å². The summed E-state index contributed by atoms with van der Waals surface area (Å²) in [5.41, 5.74) is 3.93. The molecule has 0 aromatic heterocycles. The van der Waals surface area contributed by atoms with Gasteiger partial charge in [0.25, 0.3) is 0 Å². The maximum atomic E-state index is 13.7. The first-order chi connectivity index (χ1) is 17.9. The van der Waals surface area contributed by atoms with Crippen molar-refractivity contribution in [3.8, 4) is 22.6 Å². The number of nitrogens with zero attached hydrogens (tertiary/aromatic N) is 3. The maximum absolute atomic E-state index is 13.7. The van der Waals surface area contributed by atoms with Crippen molar-refractivity contribution in [3.63, 3.8) is 0 Å². The number of anilines is 1. The van der Waals surface area contributed by atoms with E-state index >= 15 is 0 Å². The highest BCUT2D eigenvalue weighted by molar-refractivity contribution is 6.42. The molecule has 0 saturated carbocycles. The number of rotatable bonds is 8. The van der Waals surface area contributed by atoms with Crippen LogP contribution >= 0.6 is 23.2 Å². The van der Waals surface area contributed by atoms with E-state index < -0.39 is 0 Å². The monoisotopic (exact) mass is 539 g/mol. The van der Waals surface area contributed by atoms with Gasteiger partial charge in [-0.2, -0.15) is 0 Å². The van der Waals surface area contributed by atoms with Gasteiger partial charge in [-0.15, -0.1) is 0 Å². The normalized spacial score (nSPS) is 15.8. The molecule has 0 N–H and O–H groups in total. The lowest BCUT2D eigenvalue weighted by molar-refractivity contribution is -0.119. The van der Waals surface area contributed by atoms with E-state index in [1.54, 1.807) is 12.1 Å². The minimum atomic E-state index is -0.186. The Kier molecular flexibility index (Phi) is 7.91. The minimum Gasteiger partial charge on any atom is -0.454 e. The van der Waals surface area contributed by atoms with E-state index in [0.717, 1.165) is 53.5 Å². The van der Waals surface area contributed by atoms with Gasteiger partial charge < -0.3 is 24.2 Å². The zero-order chi connectivity index (χ0) is 25.9. The molecule has 0 radical (unpaired) electrons. The van der Waals surface area contributed by atoms with Crippen molar-refractivity contribution in [2.24, 2.45) is 0 Å². The summed E-state index contributed by atoms with van der Waals surface area (Å²) in [7, 11) is 3.81. The second kappa shape index (κ2) is 11.3. The number of hydrogen-bond donors (Lipinski definition) is 0. The van der Waals surface area contributed by atoms with Crippen molar-refractivity contribution in [1.29, 1.82) is 0 Å². The predicted molar refractivity (Wildman–Crippen MR) is 149 cm³/mol. The van der Waals surface area contributed by atoms with E-state index in [-0.39, 0.29) is 25.3 Å². The van der Waals surface area contributed by atoms with Crippen LogP contribution in [0.25, 0.3) is 11.1 Å². The number of likely N-dealkylation sites (tertiary alicyclic amines) is 1. The third-order valence-corrected chi connectivity index (χ3v) is 7.58. The Bertz CT molecular complexity index is 1260. The Morgan fingerprint density at radius 3 is 2.30 bits per heavy atom. The van der Waals surface area contributed by atoms with E-state index in [1.807, 2.05) is 48.2 Å². The van der Waals surface area contributed by atoms with Gasteiger partial charge in [-0.1, -0.05) is 53.5 Å². The number of likely N-dealkylation sites (N-methyl/N-ethyl adjacent to an activating group) is 1. The number of benzene rings is 3. The smallest absolute Gasteiger partial charge is 0.241 e. The van der Waals surface area contributed by atoms with E-state index in [1.165, 1.54) is 12.8 Å². The lowest BCUT2D eigenvalue weighted by atomic mass is 9.98. The molecule has 0 bridgehead atoms. The van der Waals surface area contributed by atoms with Crippen LogP contribution in [-0.4, -0.2) is 62.8 Å². The second-order valence-corrected chi connectivity index (χ2v) is 10.6. The third kappa shape index (κ3) is 5.88. The van der Waals surface area contributed by atoms with Crippen LogP contribution in [0.15, 0.2) is 60.7 Å². The molecule has 2 aliphatic rings. The SMILES string of the molecule is CN(C)CC(=O)N(c1ccc(Cl)c(Cl)c1)C(CN1CCCC1)c1ccc(-c2ccc3c(c2)OCO3)cc1. The first-order valence-corrected chi connectivity index (χ1v) is 13.3. The average Bonchev–Trinajstić information content (AvgIpc) is 3.57. The number of ether oxygens (including phenoxy) is 2. The van der Waals surface area contributed by atoms with Gasteiger partial charge in [0.05, 0.1) is 22.6 Å². The van der Waals surface area contributed by atoms with Crippen molar-refractivity contribution >= 4 is 34.8 Å². The summed E-state index contributed by atoms with van der Waals surface area (Å²) >= 11 is 12.6. The highest BCUT2D eigenvalue weighted by Crippen LogP contribution is 2.37. The Balaban J connectivity index is 1.52. The van der Waals surface area contributed by atoms with Gasteiger partial charge >= 0.3 is 0 Å². The van der Waals surface area contributed by atoms with Crippen LogP contribution in [0.2, 0.25) is 10.0 Å². The van der Waals surface area contributed by atoms with Crippen molar-refractivity contribution < 1.29 is 14.3 Å². The average molecular weight is 540 g/mol. The molecule has 5 rings (SSSR count). The molecule has 6 nitrogen and oxygen atoms in total. The van der Waals surface area contributed by atoms with E-state index in [4.69, 9.17) is 32.7 Å². The molecule has 0 aliphatic carbocycles. The van der Waals surface area contributed by atoms with E-state index in [9.17, 15) is 4.79 Å². The predicted octanol–water partition coefficient (Wildman–Crippen LogP) is 6.12. The highest BCUT2D eigenvalue weighted by atomic mass is 35.5. The molecule has 3 aromatic carbocycles. The van der Waals surface area contributed by atoms with E-state index in [0.29, 0.717) is 10.0 Å². The summed E-state index contributed by atoms with van der Waals surface area (Å²) in [6.45, 7) is 3.34. The minimum absolute atomic E-state index is 0.00688. The summed E-state index contributed by atoms with van der Waals surface area (Å²) in [5.74, 6) is 1.53. The van der Waals surface area contributed by atoms with Crippen molar-refractivity contribution in [2.75, 3.05) is 52.0 Å². The molecule has 1 saturated heterocycles. The number of carbonyl (C=O) groups is 1. The first kappa shape index (κ1) is 25.9. The molecule has 3 aromatic rings. The summed E-state index contributed by atoms with van der Waals surface area (Å²) in [4.78, 5) is 19.9. The summed E-state index contributed by atoms with van der Waals surface area (Å²) in [6.07, 6.45) is 2.35. The third-order valence-electron chi connectivity index (χ3n) is 6.84. The van der Waals surface area contributed by atoms with Crippen LogP contribution in [0.4, 0.5) is 5.69 Å². The van der Waals surface area contributed by atoms with Crippen LogP contribution in [0, 0.1) is 0 Å². The Morgan fingerprint density at radius 2 is 1.59 bits per heavy atom. The van der Waals surface area contributed by atoms with Crippen molar-refractivity contribution in [3.05, 3.63) is 76.3 Å². The van der Waals surface area contributed by atoms with Crippen molar-refractivity contribution in [1.82, 2.24) is 9.80 Å². The molecule has 0 spiro atoms. The summed E-state index contributed by atoms with van der Waals surface area (Å²) < 4.78 is 11.0. The number of carbonyl (C=O) groups excluding carboxylic acids is 1. The van der Waals surface area contributed by atoms with Gasteiger partial charge in [0.1, 0.15) is 0 Å². The second-order valence-electron chi connectivity index (χ2n) is 9.81. The molecule has 1 atom stereocenters. The highest BCUT2D eigenvalue weighted by Gasteiger charge is 2.30. The lowest BCUT2D eigenvalue weighted by Gasteiger charge is -2.36. The quantitative estimate of drug-likeness (QED) is 0.345. The largest absolute Gasteiger partial charge is 0.454 e. The Morgan fingerprint density at radius 1 is 0.892 bits per heavy atom. The molecule has 1 fully saturated rings. The number of fused-ring (bicyclic) bond motifs is 1. The molecular formula is C29H31Cl2N3O3. The van der Waals surface area contributed by atoms with E-state index in [2.05, 4.69) is 29.2 Å². The van der Waals surface area contributed by atoms with Gasteiger partial charge in [0, 0.05) is 12.2 Å². The van der Waals surface area contributed by atoms with Crippen molar-refractivity contribution in [2.45, 2.75) is 18.9 Å². The molecule has 37 heavy (non-hydrogen) atoms. The summed E-state index contributed by atoms with van der Waals surface area (Å²) in [6, 6.07) is 19.7. The lowest BCUT2D eigenvalue weighted by Crippen LogP contribution is -2.44. The standard InChI is InChI=1S/C29H31Cl2N3O3/c1-32(2)18-29(35)34(23-10-11-24(30)25(31)16-23)26(17-33-13-3-4-14-33)21-7-5-20(6-8-21)22-9-12-27-28(15-22)37-19-36-27/h5-12,15-16,26H,3-4,13-14,17-19H2,1-2H3. The molecule has 194 valence electrons. The van der Waals surface area contributed by atoms with Crippen LogP contribution in [0.1, 0.15) is 24.4 Å². The maximum Gasteiger partial charge on any atom is 0.241 e. The fourth-order valence-corrected chi connectivity index (χ4v) is 5.29. The molecule has 2 aliphatic heterocycles. The number of amides is 1. The molecule has 1 unspecified atom stereocenters. The summed E-state index contributed by atoms with van der Waals surface area (Å²) in [5, 5.41) is 0.898. The molecule has 1 amide bonds. The molecule has 2 heterocycles. The first-order valence-electron chi connectivity index (χ1n) is 12.5. The zero-order valence-electron chi connectivity index (χ0n) is 21.1. The van der Waals surface area contributed by atoms with Crippen LogP contribution < -0.4 is 14.4 Å². The van der Waals surface area contributed by atoms with Gasteiger partial charge in [-0.25, -0.2) is 0 Å². The fourth-order valence-electron chi connectivity index (χ4n) is 5.00. The topological polar surface area (TPSA) is 45.3 Å². The molecular weight excluding hydrogens is 509 g/mol. The Hall–Kier alpha value is -2.77. The van der Waals surface area contributed by atoms with Gasteiger partial charge in [-0.3, -0.25) is 4.79 Å². The van der Waals surface area contributed by atoms with Crippen LogP contribution in [0.3, 0.4) is 0 Å². The fraction of sp³-hybridized carbons (Fsp3) is 0.345. The zero-order valence-corrected chi connectivity index (χ0v) is 22.6.